The monoisotopic (exact) mass is 317 g/mol. The molecule has 0 fully saturated rings. The Bertz CT molecular complexity index is 618. The van der Waals surface area contributed by atoms with Gasteiger partial charge in [0.1, 0.15) is 11.9 Å². The normalized spacial score (nSPS) is 20.3. The molecule has 2 atom stereocenters. The van der Waals surface area contributed by atoms with E-state index < -0.39 is 0 Å². The zero-order chi connectivity index (χ0) is 15.4. The Morgan fingerprint density at radius 2 is 1.95 bits per heavy atom. The zero-order valence-electron chi connectivity index (χ0n) is 12.6. The van der Waals surface area contributed by atoms with Gasteiger partial charge in [0.15, 0.2) is 0 Å². The summed E-state index contributed by atoms with van der Waals surface area (Å²) in [6, 6.07) is 15.9. The van der Waals surface area contributed by atoms with Gasteiger partial charge in [0.2, 0.25) is 6.29 Å². The van der Waals surface area contributed by atoms with Gasteiger partial charge in [-0.05, 0) is 36.7 Å². The van der Waals surface area contributed by atoms with Crippen molar-refractivity contribution in [2.75, 3.05) is 13.1 Å². The molecular formula is C18H20ClNO2. The van der Waals surface area contributed by atoms with Crippen molar-refractivity contribution < 1.29 is 9.47 Å². The summed E-state index contributed by atoms with van der Waals surface area (Å²) < 4.78 is 12.1. The molecule has 4 heteroatoms. The van der Waals surface area contributed by atoms with Crippen molar-refractivity contribution in [2.24, 2.45) is 0 Å². The molecule has 0 aliphatic carbocycles. The van der Waals surface area contributed by atoms with Crippen LogP contribution in [0.25, 0.3) is 0 Å². The third-order valence-corrected chi connectivity index (χ3v) is 3.88. The first-order chi connectivity index (χ1) is 10.8. The second-order valence-electron chi connectivity index (χ2n) is 5.36. The molecule has 1 aliphatic heterocycles. The van der Waals surface area contributed by atoms with Gasteiger partial charge in [0.25, 0.3) is 0 Å². The average molecular weight is 318 g/mol. The second kappa shape index (κ2) is 7.14. The van der Waals surface area contributed by atoms with Crippen LogP contribution in [0, 0.1) is 0 Å². The second-order valence-corrected chi connectivity index (χ2v) is 5.80. The molecule has 3 nitrogen and oxygen atoms in total. The van der Waals surface area contributed by atoms with Crippen LogP contribution < -0.4 is 10.1 Å². The maximum atomic E-state index is 6.16. The summed E-state index contributed by atoms with van der Waals surface area (Å²) in [5.74, 6) is 0.841. The van der Waals surface area contributed by atoms with Crippen LogP contribution in [-0.4, -0.2) is 19.4 Å². The van der Waals surface area contributed by atoms with Crippen molar-refractivity contribution in [1.29, 1.82) is 0 Å². The lowest BCUT2D eigenvalue weighted by Gasteiger charge is -2.33. The molecule has 116 valence electrons. The van der Waals surface area contributed by atoms with Crippen LogP contribution in [-0.2, 0) is 4.74 Å². The first-order valence-electron chi connectivity index (χ1n) is 7.65. The highest BCUT2D eigenvalue weighted by Crippen LogP contribution is 2.39. The smallest absolute Gasteiger partial charge is 0.213 e. The summed E-state index contributed by atoms with van der Waals surface area (Å²) in [4.78, 5) is 0. The van der Waals surface area contributed by atoms with Crippen LogP contribution in [0.2, 0.25) is 5.02 Å². The van der Waals surface area contributed by atoms with E-state index in [0.29, 0.717) is 11.6 Å². The Morgan fingerprint density at radius 1 is 1.14 bits per heavy atom. The lowest BCUT2D eigenvalue weighted by atomic mass is 9.99. The Labute approximate surface area is 136 Å². The highest BCUT2D eigenvalue weighted by Gasteiger charge is 2.29. The minimum Gasteiger partial charge on any atom is -0.463 e. The van der Waals surface area contributed by atoms with E-state index in [4.69, 9.17) is 21.1 Å². The van der Waals surface area contributed by atoms with Gasteiger partial charge in [-0.1, -0.05) is 48.9 Å². The van der Waals surface area contributed by atoms with E-state index in [1.165, 1.54) is 0 Å². The zero-order valence-corrected chi connectivity index (χ0v) is 13.3. The van der Waals surface area contributed by atoms with Gasteiger partial charge in [-0.2, -0.15) is 0 Å². The van der Waals surface area contributed by atoms with E-state index in [2.05, 4.69) is 24.4 Å². The molecule has 1 heterocycles. The molecule has 0 saturated carbocycles. The summed E-state index contributed by atoms with van der Waals surface area (Å²) in [5.41, 5.74) is 2.08. The number of hydrogen-bond donors (Lipinski definition) is 1. The molecule has 0 saturated heterocycles. The maximum Gasteiger partial charge on any atom is 0.213 e. The number of benzene rings is 2. The highest BCUT2D eigenvalue weighted by atomic mass is 35.5. The van der Waals surface area contributed by atoms with Crippen LogP contribution in [0.5, 0.6) is 5.75 Å². The van der Waals surface area contributed by atoms with Gasteiger partial charge < -0.3 is 14.8 Å². The molecule has 0 amide bonds. The largest absolute Gasteiger partial charge is 0.463 e. The van der Waals surface area contributed by atoms with Crippen LogP contribution in [0.3, 0.4) is 0 Å². The average Bonchev–Trinajstić information content (AvgIpc) is 2.55. The van der Waals surface area contributed by atoms with Gasteiger partial charge in [0.05, 0.1) is 6.54 Å². The van der Waals surface area contributed by atoms with Gasteiger partial charge in [-0.15, -0.1) is 0 Å². The fourth-order valence-electron chi connectivity index (χ4n) is 2.60. The standard InChI is InChI=1S/C18H20ClNO2/c1-2-10-20-12-17-21-16-9-8-14(19)11-15(16)18(22-17)13-6-4-3-5-7-13/h3-9,11,17-18,20H,2,10,12H2,1H3. The van der Waals surface area contributed by atoms with Crippen LogP contribution in [0.15, 0.2) is 48.5 Å². The highest BCUT2D eigenvalue weighted by molar-refractivity contribution is 6.30. The van der Waals surface area contributed by atoms with Crippen molar-refractivity contribution in [2.45, 2.75) is 25.7 Å². The summed E-state index contributed by atoms with van der Waals surface area (Å²) in [6.45, 7) is 3.76. The molecule has 1 N–H and O–H groups in total. The van der Waals surface area contributed by atoms with E-state index in [1.807, 2.05) is 36.4 Å². The number of halogens is 1. The summed E-state index contributed by atoms with van der Waals surface area (Å²) in [5, 5.41) is 4.03. The minimum absolute atomic E-state index is 0.155. The molecular weight excluding hydrogens is 298 g/mol. The van der Waals surface area contributed by atoms with Crippen molar-refractivity contribution in [1.82, 2.24) is 5.32 Å². The summed E-state index contributed by atoms with van der Waals surface area (Å²) in [6.07, 6.45) is 0.628. The number of ether oxygens (including phenoxy) is 2. The number of hydrogen-bond acceptors (Lipinski definition) is 3. The Kier molecular flexibility index (Phi) is 4.98. The van der Waals surface area contributed by atoms with Crippen molar-refractivity contribution in [3.63, 3.8) is 0 Å². The molecule has 3 rings (SSSR count). The van der Waals surface area contributed by atoms with Crippen molar-refractivity contribution in [3.8, 4) is 5.75 Å². The molecule has 22 heavy (non-hydrogen) atoms. The summed E-state index contributed by atoms with van der Waals surface area (Å²) >= 11 is 6.14. The Balaban J connectivity index is 1.88. The van der Waals surface area contributed by atoms with Gasteiger partial charge in [0, 0.05) is 10.6 Å². The lowest BCUT2D eigenvalue weighted by Crippen LogP contribution is -2.38. The lowest BCUT2D eigenvalue weighted by molar-refractivity contribution is -0.124. The van der Waals surface area contributed by atoms with Gasteiger partial charge in [-0.25, -0.2) is 0 Å². The first kappa shape index (κ1) is 15.3. The Morgan fingerprint density at radius 3 is 2.73 bits per heavy atom. The van der Waals surface area contributed by atoms with Gasteiger partial charge in [-0.3, -0.25) is 0 Å². The molecule has 2 aromatic carbocycles. The number of fused-ring (bicyclic) bond motifs is 1. The fourth-order valence-corrected chi connectivity index (χ4v) is 2.78. The van der Waals surface area contributed by atoms with E-state index in [9.17, 15) is 0 Å². The van der Waals surface area contributed by atoms with Crippen LogP contribution in [0.4, 0.5) is 0 Å². The predicted molar refractivity (Wildman–Crippen MR) is 88.4 cm³/mol. The van der Waals surface area contributed by atoms with Crippen LogP contribution >= 0.6 is 11.6 Å². The first-order valence-corrected chi connectivity index (χ1v) is 8.03. The van der Waals surface area contributed by atoms with E-state index in [0.717, 1.165) is 29.8 Å². The fraction of sp³-hybridized carbons (Fsp3) is 0.333. The third kappa shape index (κ3) is 3.43. The topological polar surface area (TPSA) is 30.5 Å². The van der Waals surface area contributed by atoms with E-state index >= 15 is 0 Å². The number of nitrogens with one attached hydrogen (secondary N) is 1. The molecule has 0 aromatic heterocycles. The van der Waals surface area contributed by atoms with E-state index in [1.54, 1.807) is 0 Å². The van der Waals surface area contributed by atoms with E-state index in [-0.39, 0.29) is 12.4 Å². The predicted octanol–water partition coefficient (Wildman–Crippen LogP) is 4.16. The van der Waals surface area contributed by atoms with Crippen LogP contribution in [0.1, 0.15) is 30.6 Å². The van der Waals surface area contributed by atoms with Crippen molar-refractivity contribution in [3.05, 3.63) is 64.7 Å². The SMILES string of the molecule is CCCNCC1Oc2ccc(Cl)cc2C(c2ccccc2)O1. The molecule has 0 radical (unpaired) electrons. The Hall–Kier alpha value is -1.55. The number of rotatable bonds is 5. The molecule has 0 spiro atoms. The molecule has 0 bridgehead atoms. The maximum absolute atomic E-state index is 6.16. The molecule has 2 aromatic rings. The third-order valence-electron chi connectivity index (χ3n) is 3.64. The molecule has 2 unspecified atom stereocenters. The minimum atomic E-state index is -0.301. The molecule has 1 aliphatic rings. The quantitative estimate of drug-likeness (QED) is 0.840. The van der Waals surface area contributed by atoms with Crippen molar-refractivity contribution >= 4 is 11.6 Å². The summed E-state index contributed by atoms with van der Waals surface area (Å²) in [7, 11) is 0. The van der Waals surface area contributed by atoms with Gasteiger partial charge >= 0.3 is 0 Å².